The molecule has 0 radical (unpaired) electrons. The third kappa shape index (κ3) is 3.19. The van der Waals surface area contributed by atoms with Gasteiger partial charge >= 0.3 is 0 Å². The molecule has 5 nitrogen and oxygen atoms in total. The highest BCUT2D eigenvalue weighted by Crippen LogP contribution is 2.25. The largest absolute Gasteiger partial charge is 0.384 e. The summed E-state index contributed by atoms with van der Waals surface area (Å²) in [5, 5.41) is 10.1. The molecule has 21 heavy (non-hydrogen) atoms. The number of benzene rings is 1. The second-order valence-electron chi connectivity index (χ2n) is 5.08. The van der Waals surface area contributed by atoms with E-state index in [-0.39, 0.29) is 24.7 Å². The number of anilines is 2. The molecule has 6 heteroatoms. The summed E-state index contributed by atoms with van der Waals surface area (Å²) in [7, 11) is 0. The molecule has 0 aliphatic carbocycles. The van der Waals surface area contributed by atoms with Gasteiger partial charge in [0.2, 0.25) is 5.91 Å². The van der Waals surface area contributed by atoms with Crippen molar-refractivity contribution < 1.29 is 9.32 Å². The third-order valence-corrected chi connectivity index (χ3v) is 3.62. The molecule has 0 spiro atoms. The Labute approximate surface area is 129 Å². The van der Waals surface area contributed by atoms with Gasteiger partial charge in [-0.15, -0.1) is 12.4 Å². The average Bonchev–Trinajstić information content (AvgIpc) is 3.00. The van der Waals surface area contributed by atoms with E-state index in [0.29, 0.717) is 5.76 Å². The van der Waals surface area contributed by atoms with E-state index in [1.807, 2.05) is 32.0 Å². The fourth-order valence-corrected chi connectivity index (χ4v) is 2.50. The number of rotatable bonds is 3. The summed E-state index contributed by atoms with van der Waals surface area (Å²) >= 11 is 0. The minimum absolute atomic E-state index is 0. The zero-order chi connectivity index (χ0) is 14.1. The van der Waals surface area contributed by atoms with Crippen molar-refractivity contribution >= 4 is 29.7 Å². The van der Waals surface area contributed by atoms with Crippen LogP contribution < -0.4 is 10.6 Å². The maximum Gasteiger partial charge on any atom is 0.228 e. The summed E-state index contributed by atoms with van der Waals surface area (Å²) in [6, 6.07) is 5.96. The van der Waals surface area contributed by atoms with Gasteiger partial charge in [-0.05, 0) is 44.0 Å². The fourth-order valence-electron chi connectivity index (χ4n) is 2.50. The van der Waals surface area contributed by atoms with Crippen molar-refractivity contribution in [3.8, 4) is 0 Å². The van der Waals surface area contributed by atoms with Crippen LogP contribution in [0, 0.1) is 13.8 Å². The van der Waals surface area contributed by atoms with E-state index in [9.17, 15) is 4.79 Å². The molecular formula is C15H18ClN3O2. The number of fused-ring (bicyclic) bond motifs is 1. The number of hydrogen-bond acceptors (Lipinski definition) is 4. The molecule has 1 aromatic heterocycles. The van der Waals surface area contributed by atoms with Crippen LogP contribution in [0.2, 0.25) is 0 Å². The Morgan fingerprint density at radius 3 is 2.95 bits per heavy atom. The molecule has 0 atom stereocenters. The summed E-state index contributed by atoms with van der Waals surface area (Å²) in [6.07, 6.45) is 1.29. The van der Waals surface area contributed by atoms with Gasteiger partial charge in [0, 0.05) is 23.5 Å². The van der Waals surface area contributed by atoms with Crippen molar-refractivity contribution in [3.05, 3.63) is 40.8 Å². The predicted molar refractivity (Wildman–Crippen MR) is 84.2 cm³/mol. The van der Waals surface area contributed by atoms with E-state index in [4.69, 9.17) is 4.52 Å². The van der Waals surface area contributed by atoms with E-state index in [1.165, 1.54) is 5.56 Å². The first-order valence-electron chi connectivity index (χ1n) is 6.72. The molecule has 3 rings (SSSR count). The first-order chi connectivity index (χ1) is 9.63. The molecule has 1 aliphatic heterocycles. The maximum atomic E-state index is 12.1. The topological polar surface area (TPSA) is 67.2 Å². The van der Waals surface area contributed by atoms with Gasteiger partial charge in [0.15, 0.2) is 0 Å². The van der Waals surface area contributed by atoms with Crippen molar-refractivity contribution in [1.29, 1.82) is 0 Å². The Hall–Kier alpha value is -2.01. The smallest absolute Gasteiger partial charge is 0.228 e. The molecule has 0 fully saturated rings. The molecule has 2 heterocycles. The van der Waals surface area contributed by atoms with E-state index in [1.54, 1.807) is 0 Å². The predicted octanol–water partition coefficient (Wildman–Crippen LogP) is 2.86. The van der Waals surface area contributed by atoms with Crippen LogP contribution >= 0.6 is 12.4 Å². The summed E-state index contributed by atoms with van der Waals surface area (Å²) < 4.78 is 5.07. The highest BCUT2D eigenvalue weighted by atomic mass is 35.5. The normalized spacial score (nSPS) is 12.3. The van der Waals surface area contributed by atoms with Crippen LogP contribution in [0.15, 0.2) is 22.7 Å². The molecular weight excluding hydrogens is 290 g/mol. The summed E-state index contributed by atoms with van der Waals surface area (Å²) in [6.45, 7) is 4.63. The number of carbonyl (C=O) groups excluding carboxylic acids is 1. The molecule has 2 N–H and O–H groups in total. The van der Waals surface area contributed by atoms with Gasteiger partial charge in [0.25, 0.3) is 0 Å². The number of hydrogen-bond donors (Lipinski definition) is 2. The van der Waals surface area contributed by atoms with Crippen LogP contribution in [-0.4, -0.2) is 17.6 Å². The Morgan fingerprint density at radius 2 is 2.24 bits per heavy atom. The number of halogens is 1. The summed E-state index contributed by atoms with van der Waals surface area (Å²) in [5.41, 5.74) is 4.89. The Bertz CT molecular complexity index is 647. The van der Waals surface area contributed by atoms with Crippen LogP contribution in [0.3, 0.4) is 0 Å². The number of nitrogens with zero attached hydrogens (tertiary/aromatic N) is 1. The summed E-state index contributed by atoms with van der Waals surface area (Å²) in [5.74, 6) is 0.654. The van der Waals surface area contributed by atoms with Crippen LogP contribution in [-0.2, 0) is 17.6 Å². The maximum absolute atomic E-state index is 12.1. The van der Waals surface area contributed by atoms with Gasteiger partial charge in [-0.3, -0.25) is 4.79 Å². The van der Waals surface area contributed by atoms with E-state index in [2.05, 4.69) is 15.8 Å². The van der Waals surface area contributed by atoms with Crippen molar-refractivity contribution in [1.82, 2.24) is 5.16 Å². The SMILES string of the molecule is Cc1noc(C)c1CC(=O)Nc1ccc2c(c1)CCN2.Cl. The molecule has 2 aromatic rings. The molecule has 1 aromatic carbocycles. The lowest BCUT2D eigenvalue weighted by atomic mass is 10.1. The van der Waals surface area contributed by atoms with Crippen LogP contribution in [0.1, 0.15) is 22.6 Å². The molecule has 0 saturated carbocycles. The lowest BCUT2D eigenvalue weighted by Crippen LogP contribution is -2.15. The second kappa shape index (κ2) is 6.18. The summed E-state index contributed by atoms with van der Waals surface area (Å²) in [4.78, 5) is 12.1. The van der Waals surface area contributed by atoms with Gasteiger partial charge in [-0.2, -0.15) is 0 Å². The molecule has 1 aliphatic rings. The Kier molecular flexibility index (Phi) is 4.53. The van der Waals surface area contributed by atoms with Gasteiger partial charge in [0.1, 0.15) is 5.76 Å². The molecule has 112 valence electrons. The monoisotopic (exact) mass is 307 g/mol. The molecule has 0 unspecified atom stereocenters. The lowest BCUT2D eigenvalue weighted by molar-refractivity contribution is -0.115. The number of nitrogens with one attached hydrogen (secondary N) is 2. The molecule has 0 bridgehead atoms. The van der Waals surface area contributed by atoms with Crippen LogP contribution in [0.25, 0.3) is 0 Å². The van der Waals surface area contributed by atoms with Gasteiger partial charge in [0.05, 0.1) is 12.1 Å². The van der Waals surface area contributed by atoms with Crippen LogP contribution in [0.4, 0.5) is 11.4 Å². The number of amides is 1. The second-order valence-corrected chi connectivity index (χ2v) is 5.08. The van der Waals surface area contributed by atoms with Gasteiger partial charge in [-0.25, -0.2) is 0 Å². The van der Waals surface area contributed by atoms with Crippen molar-refractivity contribution in [2.24, 2.45) is 0 Å². The first kappa shape index (κ1) is 15.4. The zero-order valence-corrected chi connectivity index (χ0v) is 12.8. The first-order valence-corrected chi connectivity index (χ1v) is 6.72. The molecule has 0 saturated heterocycles. The third-order valence-electron chi connectivity index (χ3n) is 3.62. The lowest BCUT2D eigenvalue weighted by Gasteiger charge is -2.07. The van der Waals surface area contributed by atoms with E-state index < -0.39 is 0 Å². The minimum atomic E-state index is -0.0506. The van der Waals surface area contributed by atoms with E-state index >= 15 is 0 Å². The Balaban J connectivity index is 0.00000161. The Morgan fingerprint density at radius 1 is 1.43 bits per heavy atom. The number of aromatic nitrogens is 1. The number of aryl methyl sites for hydroxylation is 2. The fraction of sp³-hybridized carbons (Fsp3) is 0.333. The standard InChI is InChI=1S/C15H17N3O2.ClH/c1-9-13(10(2)20-18-9)8-15(19)17-12-3-4-14-11(7-12)5-6-16-14;/h3-4,7,16H,5-6,8H2,1-2H3,(H,17,19);1H. The number of carbonyl (C=O) groups is 1. The zero-order valence-electron chi connectivity index (χ0n) is 12.0. The quantitative estimate of drug-likeness (QED) is 0.915. The average molecular weight is 308 g/mol. The highest BCUT2D eigenvalue weighted by molar-refractivity contribution is 5.93. The van der Waals surface area contributed by atoms with Gasteiger partial charge < -0.3 is 15.2 Å². The van der Waals surface area contributed by atoms with Crippen LogP contribution in [0.5, 0.6) is 0 Å². The highest BCUT2D eigenvalue weighted by Gasteiger charge is 2.15. The van der Waals surface area contributed by atoms with Crippen molar-refractivity contribution in [2.45, 2.75) is 26.7 Å². The minimum Gasteiger partial charge on any atom is -0.384 e. The van der Waals surface area contributed by atoms with Crippen molar-refractivity contribution in [2.75, 3.05) is 17.2 Å². The molecule has 1 amide bonds. The van der Waals surface area contributed by atoms with Gasteiger partial charge in [-0.1, -0.05) is 5.16 Å². The van der Waals surface area contributed by atoms with E-state index in [0.717, 1.165) is 35.6 Å². The van der Waals surface area contributed by atoms with Crippen molar-refractivity contribution in [3.63, 3.8) is 0 Å².